The number of nitrogen functional groups attached to an aromatic ring is 1. The quantitative estimate of drug-likeness (QED) is 0.840. The number of carbonyl (C=O) groups excluding carboxylic acids is 1. The zero-order chi connectivity index (χ0) is 16.1. The number of amides is 1. The summed E-state index contributed by atoms with van der Waals surface area (Å²) in [6, 6.07) is 4.53. The Bertz CT molecular complexity index is 626. The fraction of sp³-hybridized carbons (Fsp3) is 0.500. The van der Waals surface area contributed by atoms with Crippen LogP contribution in [0.1, 0.15) is 29.8 Å². The molecule has 7 heteroatoms. The van der Waals surface area contributed by atoms with Gasteiger partial charge in [-0.05, 0) is 37.3 Å². The van der Waals surface area contributed by atoms with E-state index < -0.39 is 0 Å². The van der Waals surface area contributed by atoms with E-state index in [0.717, 1.165) is 38.2 Å². The highest BCUT2D eigenvalue weighted by Gasteiger charge is 2.21. The number of thiophene rings is 1. The van der Waals surface area contributed by atoms with Crippen molar-refractivity contribution in [1.82, 2.24) is 15.2 Å². The molecule has 1 aliphatic rings. The maximum Gasteiger partial charge on any atom is 0.220 e. The number of rotatable bonds is 6. The lowest BCUT2D eigenvalue weighted by Gasteiger charge is -2.32. The third-order valence-corrected chi connectivity index (χ3v) is 5.59. The third-order valence-electron chi connectivity index (χ3n) is 4.01. The van der Waals surface area contributed by atoms with Crippen molar-refractivity contribution in [2.45, 2.75) is 38.3 Å². The number of thiazole rings is 1. The number of piperidine rings is 1. The van der Waals surface area contributed by atoms with E-state index in [1.807, 2.05) is 5.38 Å². The van der Waals surface area contributed by atoms with Gasteiger partial charge in [-0.25, -0.2) is 4.98 Å². The SMILES string of the molecule is Nc1nc(CCC(=O)N[C@H]2CCCN(Cc3cccs3)C2)cs1. The lowest BCUT2D eigenvalue weighted by Crippen LogP contribution is -2.47. The van der Waals surface area contributed by atoms with Crippen molar-refractivity contribution in [3.8, 4) is 0 Å². The largest absolute Gasteiger partial charge is 0.375 e. The van der Waals surface area contributed by atoms with Crippen molar-refractivity contribution in [3.63, 3.8) is 0 Å². The van der Waals surface area contributed by atoms with E-state index in [-0.39, 0.29) is 11.9 Å². The molecular weight excluding hydrogens is 328 g/mol. The molecule has 1 aliphatic heterocycles. The number of hydrogen-bond acceptors (Lipinski definition) is 6. The number of carbonyl (C=O) groups is 1. The monoisotopic (exact) mass is 350 g/mol. The van der Waals surface area contributed by atoms with Gasteiger partial charge in [0.2, 0.25) is 5.91 Å². The topological polar surface area (TPSA) is 71.2 Å². The maximum absolute atomic E-state index is 12.1. The molecule has 0 aliphatic carbocycles. The number of likely N-dealkylation sites (tertiary alicyclic amines) is 1. The van der Waals surface area contributed by atoms with Crippen molar-refractivity contribution in [1.29, 1.82) is 0 Å². The van der Waals surface area contributed by atoms with Crippen molar-refractivity contribution in [2.24, 2.45) is 0 Å². The molecule has 0 spiro atoms. The number of nitrogens with one attached hydrogen (secondary N) is 1. The molecule has 2 aromatic heterocycles. The van der Waals surface area contributed by atoms with Crippen LogP contribution in [0.2, 0.25) is 0 Å². The summed E-state index contributed by atoms with van der Waals surface area (Å²) in [5, 5.41) is 7.78. The minimum atomic E-state index is 0.111. The Labute approximate surface area is 144 Å². The molecular formula is C16H22N4OS2. The van der Waals surface area contributed by atoms with E-state index in [2.05, 4.69) is 32.7 Å². The van der Waals surface area contributed by atoms with Crippen LogP contribution < -0.4 is 11.1 Å². The van der Waals surface area contributed by atoms with E-state index in [1.165, 1.54) is 16.2 Å². The molecule has 0 radical (unpaired) electrons. The molecule has 0 aromatic carbocycles. The van der Waals surface area contributed by atoms with Gasteiger partial charge in [-0.3, -0.25) is 9.69 Å². The Kier molecular flexibility index (Phi) is 5.64. The van der Waals surface area contributed by atoms with Crippen LogP contribution in [0.25, 0.3) is 0 Å². The maximum atomic E-state index is 12.1. The first-order valence-corrected chi connectivity index (χ1v) is 9.69. The Hall–Kier alpha value is -1.44. The molecule has 23 heavy (non-hydrogen) atoms. The number of hydrogen-bond donors (Lipinski definition) is 2. The average Bonchev–Trinajstić information content (AvgIpc) is 3.17. The molecule has 0 saturated carbocycles. The third kappa shape index (κ3) is 5.02. The predicted octanol–water partition coefficient (Wildman–Crippen LogP) is 2.50. The van der Waals surface area contributed by atoms with E-state index in [0.29, 0.717) is 18.0 Å². The molecule has 5 nitrogen and oxygen atoms in total. The standard InChI is InChI=1S/C16H22N4OS2/c17-16-19-13(11-23-16)5-6-15(21)18-12-3-1-7-20(9-12)10-14-4-2-8-22-14/h2,4,8,11-12H,1,3,5-7,9-10H2,(H2,17,19)(H,18,21)/t12-/m0/s1. The van der Waals surface area contributed by atoms with Gasteiger partial charge in [0.05, 0.1) is 5.69 Å². The Morgan fingerprint density at radius 1 is 1.48 bits per heavy atom. The van der Waals surface area contributed by atoms with Crippen molar-refractivity contribution < 1.29 is 4.79 Å². The van der Waals surface area contributed by atoms with Gasteiger partial charge >= 0.3 is 0 Å². The van der Waals surface area contributed by atoms with Crippen molar-refractivity contribution >= 4 is 33.7 Å². The summed E-state index contributed by atoms with van der Waals surface area (Å²) in [6.07, 6.45) is 3.34. The highest BCUT2D eigenvalue weighted by molar-refractivity contribution is 7.13. The number of nitrogens with zero attached hydrogens (tertiary/aromatic N) is 2. The second-order valence-electron chi connectivity index (χ2n) is 5.90. The van der Waals surface area contributed by atoms with Crippen LogP contribution in [-0.4, -0.2) is 34.9 Å². The second kappa shape index (κ2) is 7.90. The molecule has 1 fully saturated rings. The zero-order valence-corrected chi connectivity index (χ0v) is 14.7. The van der Waals surface area contributed by atoms with Gasteiger partial charge in [0.25, 0.3) is 0 Å². The van der Waals surface area contributed by atoms with E-state index in [1.54, 1.807) is 11.3 Å². The van der Waals surface area contributed by atoms with Gasteiger partial charge < -0.3 is 11.1 Å². The van der Waals surface area contributed by atoms with Crippen LogP contribution in [0, 0.1) is 0 Å². The smallest absolute Gasteiger partial charge is 0.220 e. The van der Waals surface area contributed by atoms with Crippen LogP contribution in [0.15, 0.2) is 22.9 Å². The van der Waals surface area contributed by atoms with Crippen LogP contribution >= 0.6 is 22.7 Å². The average molecular weight is 351 g/mol. The number of nitrogens with two attached hydrogens (primary N) is 1. The normalized spacial score (nSPS) is 18.9. The molecule has 2 aromatic rings. The van der Waals surface area contributed by atoms with Gasteiger partial charge in [-0.15, -0.1) is 22.7 Å². The van der Waals surface area contributed by atoms with Crippen LogP contribution in [0.5, 0.6) is 0 Å². The Balaban J connectivity index is 1.42. The van der Waals surface area contributed by atoms with Crippen molar-refractivity contribution in [2.75, 3.05) is 18.8 Å². The first kappa shape index (κ1) is 16.4. The molecule has 1 saturated heterocycles. The van der Waals surface area contributed by atoms with Gasteiger partial charge in [0.1, 0.15) is 0 Å². The molecule has 124 valence electrons. The minimum Gasteiger partial charge on any atom is -0.375 e. The van der Waals surface area contributed by atoms with Crippen LogP contribution in [-0.2, 0) is 17.8 Å². The fourth-order valence-electron chi connectivity index (χ4n) is 2.92. The van der Waals surface area contributed by atoms with Gasteiger partial charge in [-0.1, -0.05) is 6.07 Å². The molecule has 3 rings (SSSR count). The fourth-order valence-corrected chi connectivity index (χ4v) is 4.26. The number of anilines is 1. The van der Waals surface area contributed by atoms with E-state index in [9.17, 15) is 4.79 Å². The minimum absolute atomic E-state index is 0.111. The number of aryl methyl sites for hydroxylation is 1. The van der Waals surface area contributed by atoms with Gasteiger partial charge in [0, 0.05) is 35.8 Å². The lowest BCUT2D eigenvalue weighted by atomic mass is 10.1. The lowest BCUT2D eigenvalue weighted by molar-refractivity contribution is -0.122. The van der Waals surface area contributed by atoms with Crippen molar-refractivity contribution in [3.05, 3.63) is 33.5 Å². The van der Waals surface area contributed by atoms with E-state index in [4.69, 9.17) is 5.73 Å². The zero-order valence-electron chi connectivity index (χ0n) is 13.0. The summed E-state index contributed by atoms with van der Waals surface area (Å²) in [4.78, 5) is 20.1. The van der Waals surface area contributed by atoms with Gasteiger partial charge in [-0.2, -0.15) is 0 Å². The predicted molar refractivity (Wildman–Crippen MR) is 95.6 cm³/mol. The van der Waals surface area contributed by atoms with Crippen LogP contribution in [0.3, 0.4) is 0 Å². The summed E-state index contributed by atoms with van der Waals surface area (Å²) in [6.45, 7) is 3.04. The summed E-state index contributed by atoms with van der Waals surface area (Å²) < 4.78 is 0. The summed E-state index contributed by atoms with van der Waals surface area (Å²) in [5.41, 5.74) is 6.52. The molecule has 0 bridgehead atoms. The molecule has 1 atom stereocenters. The summed E-state index contributed by atoms with van der Waals surface area (Å²) >= 11 is 3.22. The second-order valence-corrected chi connectivity index (χ2v) is 7.82. The highest BCUT2D eigenvalue weighted by atomic mass is 32.1. The highest BCUT2D eigenvalue weighted by Crippen LogP contribution is 2.17. The van der Waals surface area contributed by atoms with Crippen LogP contribution in [0.4, 0.5) is 5.13 Å². The molecule has 3 heterocycles. The first-order chi connectivity index (χ1) is 11.2. The van der Waals surface area contributed by atoms with E-state index >= 15 is 0 Å². The molecule has 1 amide bonds. The van der Waals surface area contributed by atoms with Gasteiger partial charge in [0.15, 0.2) is 5.13 Å². The first-order valence-electron chi connectivity index (χ1n) is 7.93. The molecule has 0 unspecified atom stereocenters. The Morgan fingerprint density at radius 2 is 2.39 bits per heavy atom. The molecule has 3 N–H and O–H groups in total. The number of aromatic nitrogens is 1. The Morgan fingerprint density at radius 3 is 3.13 bits per heavy atom. The summed E-state index contributed by atoms with van der Waals surface area (Å²) in [5.74, 6) is 0.111. The summed E-state index contributed by atoms with van der Waals surface area (Å²) in [7, 11) is 0.